The van der Waals surface area contributed by atoms with Crippen LogP contribution in [0.4, 0.5) is 0 Å². The fraction of sp³-hybridized carbons (Fsp3) is 0.636. The molecule has 0 radical (unpaired) electrons. The molecule has 1 atom stereocenters. The van der Waals surface area contributed by atoms with Gasteiger partial charge in [0.05, 0.1) is 16.9 Å². The Morgan fingerprint density at radius 3 is 2.59 bits per heavy atom. The fourth-order valence-electron chi connectivity index (χ4n) is 4.77. The van der Waals surface area contributed by atoms with Crippen LogP contribution in [0.15, 0.2) is 29.1 Å². The molecule has 2 aromatic rings. The Kier molecular flexibility index (Phi) is 4.74. The van der Waals surface area contributed by atoms with Gasteiger partial charge < -0.3 is 4.74 Å². The Balaban J connectivity index is 1.50. The first kappa shape index (κ1) is 17.4. The van der Waals surface area contributed by atoms with Gasteiger partial charge in [-0.1, -0.05) is 12.1 Å². The lowest BCUT2D eigenvalue weighted by Crippen LogP contribution is -2.36. The molecule has 0 amide bonds. The van der Waals surface area contributed by atoms with Crippen molar-refractivity contribution in [1.29, 1.82) is 0 Å². The molecular weight excluding hydrogens is 338 g/mol. The average molecular weight is 367 g/mol. The van der Waals surface area contributed by atoms with Gasteiger partial charge in [0.25, 0.3) is 5.56 Å². The predicted octanol–water partition coefficient (Wildman–Crippen LogP) is 3.37. The van der Waals surface area contributed by atoms with E-state index in [0.717, 1.165) is 68.8 Å². The van der Waals surface area contributed by atoms with Crippen molar-refractivity contribution in [3.05, 3.63) is 40.4 Å². The Bertz CT molecular complexity index is 867. The standard InChI is InChI=1S/C22H29N3O2/c26-22-18-4-1-2-5-19(18)23-21(25(22)15-16-7-8-16)20-6-3-11-24(20)14-17-9-12-27-13-10-17/h1-2,4-5,16-17,20H,3,6-15H2. The highest BCUT2D eigenvalue weighted by Crippen LogP contribution is 2.35. The lowest BCUT2D eigenvalue weighted by Gasteiger charge is -2.31. The first-order chi connectivity index (χ1) is 13.3. The maximum Gasteiger partial charge on any atom is 0.261 e. The topological polar surface area (TPSA) is 47.4 Å². The lowest BCUT2D eigenvalue weighted by molar-refractivity contribution is 0.0498. The molecule has 1 saturated carbocycles. The molecule has 0 spiro atoms. The van der Waals surface area contributed by atoms with E-state index in [4.69, 9.17) is 9.72 Å². The van der Waals surface area contributed by atoms with Crippen molar-refractivity contribution in [2.45, 2.75) is 51.1 Å². The van der Waals surface area contributed by atoms with Crippen molar-refractivity contribution in [3.8, 4) is 0 Å². The van der Waals surface area contributed by atoms with Crippen molar-refractivity contribution in [3.63, 3.8) is 0 Å². The minimum Gasteiger partial charge on any atom is -0.381 e. The van der Waals surface area contributed by atoms with Crippen molar-refractivity contribution >= 4 is 10.9 Å². The largest absolute Gasteiger partial charge is 0.381 e. The number of rotatable bonds is 5. The Morgan fingerprint density at radius 2 is 1.78 bits per heavy atom. The zero-order valence-corrected chi connectivity index (χ0v) is 16.0. The zero-order chi connectivity index (χ0) is 18.2. The van der Waals surface area contributed by atoms with E-state index in [1.807, 2.05) is 28.8 Å². The Morgan fingerprint density at radius 1 is 1.00 bits per heavy atom. The van der Waals surface area contributed by atoms with E-state index in [0.29, 0.717) is 11.8 Å². The minimum atomic E-state index is 0.153. The van der Waals surface area contributed by atoms with Crippen LogP contribution >= 0.6 is 0 Å². The smallest absolute Gasteiger partial charge is 0.261 e. The lowest BCUT2D eigenvalue weighted by atomic mass is 9.99. The SMILES string of the molecule is O=c1c2ccccc2nc(C2CCCN2CC2CCOCC2)n1CC1CC1. The van der Waals surface area contributed by atoms with Crippen LogP contribution in [0, 0.1) is 11.8 Å². The third-order valence-electron chi connectivity index (χ3n) is 6.52. The molecule has 1 aromatic carbocycles. The summed E-state index contributed by atoms with van der Waals surface area (Å²) in [7, 11) is 0. The molecule has 3 heterocycles. The Labute approximate surface area is 160 Å². The number of hydrogen-bond donors (Lipinski definition) is 0. The van der Waals surface area contributed by atoms with Crippen LogP contribution in [0.2, 0.25) is 0 Å². The maximum absolute atomic E-state index is 13.3. The zero-order valence-electron chi connectivity index (χ0n) is 16.0. The summed E-state index contributed by atoms with van der Waals surface area (Å²) in [5.74, 6) is 2.38. The van der Waals surface area contributed by atoms with Gasteiger partial charge in [0.1, 0.15) is 5.82 Å². The summed E-state index contributed by atoms with van der Waals surface area (Å²) in [6, 6.07) is 8.12. The molecular formula is C22H29N3O2. The summed E-state index contributed by atoms with van der Waals surface area (Å²) in [5, 5.41) is 0.760. The number of likely N-dealkylation sites (tertiary alicyclic amines) is 1. The highest BCUT2D eigenvalue weighted by molar-refractivity contribution is 5.77. The molecule has 0 N–H and O–H groups in total. The molecule has 1 aromatic heterocycles. The summed E-state index contributed by atoms with van der Waals surface area (Å²) in [5.41, 5.74) is 1.00. The van der Waals surface area contributed by atoms with Crippen LogP contribution in [0.25, 0.3) is 10.9 Å². The molecule has 0 bridgehead atoms. The van der Waals surface area contributed by atoms with Gasteiger partial charge >= 0.3 is 0 Å². The van der Waals surface area contributed by atoms with E-state index in [1.165, 1.54) is 19.3 Å². The molecule has 3 fully saturated rings. The van der Waals surface area contributed by atoms with Crippen molar-refractivity contribution in [2.24, 2.45) is 11.8 Å². The summed E-state index contributed by atoms with van der Waals surface area (Å²) in [6.07, 6.45) is 7.11. The van der Waals surface area contributed by atoms with E-state index in [9.17, 15) is 4.79 Å². The maximum atomic E-state index is 13.3. The second-order valence-corrected chi connectivity index (χ2v) is 8.55. The summed E-state index contributed by atoms with van der Waals surface area (Å²) in [6.45, 7) is 4.86. The predicted molar refractivity (Wildman–Crippen MR) is 106 cm³/mol. The van der Waals surface area contributed by atoms with Gasteiger partial charge in [-0.15, -0.1) is 0 Å². The molecule has 3 aliphatic rings. The molecule has 5 heteroatoms. The van der Waals surface area contributed by atoms with Crippen LogP contribution in [-0.2, 0) is 11.3 Å². The highest BCUT2D eigenvalue weighted by Gasteiger charge is 2.33. The van der Waals surface area contributed by atoms with E-state index in [1.54, 1.807) is 0 Å². The molecule has 2 aliphatic heterocycles. The molecule has 1 unspecified atom stereocenters. The van der Waals surface area contributed by atoms with E-state index in [-0.39, 0.29) is 11.6 Å². The van der Waals surface area contributed by atoms with Crippen molar-refractivity contribution < 1.29 is 4.74 Å². The van der Waals surface area contributed by atoms with Crippen LogP contribution in [-0.4, -0.2) is 40.8 Å². The molecule has 144 valence electrons. The van der Waals surface area contributed by atoms with Gasteiger partial charge in [0.15, 0.2) is 0 Å². The normalized spacial score (nSPS) is 24.7. The number of hydrogen-bond acceptors (Lipinski definition) is 4. The van der Waals surface area contributed by atoms with E-state index < -0.39 is 0 Å². The molecule has 27 heavy (non-hydrogen) atoms. The van der Waals surface area contributed by atoms with Gasteiger partial charge in [0.2, 0.25) is 0 Å². The second kappa shape index (κ2) is 7.36. The van der Waals surface area contributed by atoms with E-state index in [2.05, 4.69) is 4.90 Å². The molecule has 1 aliphatic carbocycles. The molecule has 5 nitrogen and oxygen atoms in total. The third-order valence-corrected chi connectivity index (χ3v) is 6.52. The summed E-state index contributed by atoms with van der Waals surface area (Å²) < 4.78 is 7.55. The molecule has 5 rings (SSSR count). The number of ether oxygens (including phenoxy) is 1. The first-order valence-electron chi connectivity index (χ1n) is 10.6. The summed E-state index contributed by atoms with van der Waals surface area (Å²) >= 11 is 0. The van der Waals surface area contributed by atoms with E-state index >= 15 is 0 Å². The average Bonchev–Trinajstić information content (AvgIpc) is 3.41. The van der Waals surface area contributed by atoms with Crippen LogP contribution in [0.3, 0.4) is 0 Å². The number of nitrogens with zero attached hydrogens (tertiary/aromatic N) is 3. The number of fused-ring (bicyclic) bond motifs is 1. The van der Waals surface area contributed by atoms with Gasteiger partial charge in [-0.2, -0.15) is 0 Å². The first-order valence-corrected chi connectivity index (χ1v) is 10.6. The fourth-order valence-corrected chi connectivity index (χ4v) is 4.77. The third kappa shape index (κ3) is 3.55. The van der Waals surface area contributed by atoms with Crippen molar-refractivity contribution in [2.75, 3.05) is 26.3 Å². The van der Waals surface area contributed by atoms with Gasteiger partial charge in [-0.25, -0.2) is 4.98 Å². The number of para-hydroxylation sites is 1. The quantitative estimate of drug-likeness (QED) is 0.813. The Hall–Kier alpha value is -1.72. The van der Waals surface area contributed by atoms with Gasteiger partial charge in [-0.05, 0) is 69.0 Å². The van der Waals surface area contributed by atoms with Gasteiger partial charge in [0, 0.05) is 26.3 Å². The van der Waals surface area contributed by atoms with Crippen LogP contribution in [0.5, 0.6) is 0 Å². The highest BCUT2D eigenvalue weighted by atomic mass is 16.5. The second-order valence-electron chi connectivity index (χ2n) is 8.55. The van der Waals surface area contributed by atoms with Crippen LogP contribution in [0.1, 0.15) is 50.4 Å². The van der Waals surface area contributed by atoms with Crippen molar-refractivity contribution in [1.82, 2.24) is 14.5 Å². The molecule has 2 saturated heterocycles. The van der Waals surface area contributed by atoms with Crippen LogP contribution < -0.4 is 5.56 Å². The minimum absolute atomic E-state index is 0.153. The monoisotopic (exact) mass is 367 g/mol. The number of aromatic nitrogens is 2. The van der Waals surface area contributed by atoms with Gasteiger partial charge in [-0.3, -0.25) is 14.3 Å². The summed E-state index contributed by atoms with van der Waals surface area (Å²) in [4.78, 5) is 20.9. The number of benzene rings is 1.